The van der Waals surface area contributed by atoms with Gasteiger partial charge in [0.05, 0.1) is 25.9 Å². The highest BCUT2D eigenvalue weighted by Crippen LogP contribution is 2.53. The van der Waals surface area contributed by atoms with Crippen LogP contribution in [0.15, 0.2) is 23.8 Å². The van der Waals surface area contributed by atoms with Crippen LogP contribution in [0.4, 0.5) is 5.82 Å². The Labute approximate surface area is 249 Å². The highest BCUT2D eigenvalue weighted by atomic mass is 31.2. The molecular weight excluding hydrogens is 648 g/mol. The fourth-order valence-corrected chi connectivity index (χ4v) is 7.29. The lowest BCUT2D eigenvalue weighted by Gasteiger charge is -2.25. The molecule has 3 aliphatic heterocycles. The first kappa shape index (κ1) is 30.4. The van der Waals surface area contributed by atoms with E-state index in [9.17, 15) is 33.9 Å². The molecule has 0 radical (unpaired) electrons. The van der Waals surface area contributed by atoms with Gasteiger partial charge in [0.15, 0.2) is 35.1 Å². The number of aryl methyl sites for hydroxylation is 1. The number of aliphatic hydroxyl groups excluding tert-OH is 2. The van der Waals surface area contributed by atoms with Crippen molar-refractivity contribution in [3.05, 3.63) is 35.2 Å². The Morgan fingerprint density at radius 3 is 2.22 bits per heavy atom. The summed E-state index contributed by atoms with van der Waals surface area (Å²) in [6.45, 7) is -0.0994. The molecule has 0 amide bonds. The van der Waals surface area contributed by atoms with Gasteiger partial charge < -0.3 is 40.2 Å². The van der Waals surface area contributed by atoms with E-state index < -0.39 is 83.5 Å². The Balaban J connectivity index is 1.21. The van der Waals surface area contributed by atoms with E-state index >= 15 is 0 Å². The van der Waals surface area contributed by atoms with Gasteiger partial charge in [0.1, 0.15) is 54.3 Å². The van der Waals surface area contributed by atoms with E-state index in [4.69, 9.17) is 33.3 Å². The van der Waals surface area contributed by atoms with Crippen LogP contribution in [0.3, 0.4) is 0 Å². The number of hydrogen-bond acceptors (Lipinski definition) is 17. The number of aliphatic hydroxyl groups is 2. The molecule has 0 saturated carbocycles. The molecule has 24 heteroatoms. The molecule has 7 N–H and O–H groups in total. The molecule has 4 aromatic heterocycles. The predicted molar refractivity (Wildman–Crippen MR) is 144 cm³/mol. The number of nitrogens with two attached hydrogens (primary N) is 1. The van der Waals surface area contributed by atoms with Crippen molar-refractivity contribution in [2.75, 3.05) is 18.9 Å². The van der Waals surface area contributed by atoms with E-state index in [-0.39, 0.29) is 34.0 Å². The van der Waals surface area contributed by atoms with Gasteiger partial charge in [-0.2, -0.15) is 0 Å². The SMILES string of the molecule is Cc1nc2c(ncn2[C@@H]2O[C@@H]3COP(=O)(O)O[C@@H]4C(O)[C@H](n5cnc6c(N)ncnc65)O[C@@H]4COP(=O)(O)O[C@H]2C3O)c(=O)[nH]1. The van der Waals surface area contributed by atoms with Crippen molar-refractivity contribution < 1.29 is 56.7 Å². The summed E-state index contributed by atoms with van der Waals surface area (Å²) in [6, 6.07) is 0. The van der Waals surface area contributed by atoms with Crippen LogP contribution in [0.5, 0.6) is 0 Å². The lowest BCUT2D eigenvalue weighted by molar-refractivity contribution is -0.0672. The van der Waals surface area contributed by atoms with Gasteiger partial charge in [0.2, 0.25) is 0 Å². The second kappa shape index (κ2) is 10.9. The lowest BCUT2D eigenvalue weighted by atomic mass is 10.1. The van der Waals surface area contributed by atoms with Crippen molar-refractivity contribution in [1.82, 2.24) is 39.0 Å². The number of phosphoric ester groups is 2. The van der Waals surface area contributed by atoms with Crippen LogP contribution in [-0.2, 0) is 36.7 Å². The molecule has 242 valence electrons. The largest absolute Gasteiger partial charge is 0.472 e. The van der Waals surface area contributed by atoms with Crippen molar-refractivity contribution in [2.24, 2.45) is 0 Å². The molecule has 45 heavy (non-hydrogen) atoms. The number of nitrogen functional groups attached to an aromatic ring is 1. The van der Waals surface area contributed by atoms with E-state index in [1.807, 2.05) is 0 Å². The zero-order valence-corrected chi connectivity index (χ0v) is 24.6. The minimum absolute atomic E-state index is 0.00383. The topological polar surface area (TPSA) is 304 Å². The summed E-state index contributed by atoms with van der Waals surface area (Å²) in [5.41, 5.74) is 5.49. The molecule has 10 atom stereocenters. The third-order valence-electron chi connectivity index (χ3n) is 7.42. The van der Waals surface area contributed by atoms with Crippen LogP contribution >= 0.6 is 15.6 Å². The van der Waals surface area contributed by atoms with Crippen molar-refractivity contribution in [2.45, 2.75) is 56.0 Å². The Bertz CT molecular complexity index is 1930. The highest BCUT2D eigenvalue weighted by Gasteiger charge is 2.54. The number of aromatic nitrogens is 8. The maximum Gasteiger partial charge on any atom is 0.472 e. The highest BCUT2D eigenvalue weighted by molar-refractivity contribution is 7.47. The van der Waals surface area contributed by atoms with Crippen molar-refractivity contribution in [1.29, 1.82) is 0 Å². The van der Waals surface area contributed by atoms with Gasteiger partial charge in [-0.05, 0) is 6.92 Å². The lowest BCUT2D eigenvalue weighted by Crippen LogP contribution is -2.36. The van der Waals surface area contributed by atoms with Gasteiger partial charge in [-0.3, -0.25) is 32.0 Å². The molecule has 2 bridgehead atoms. The Morgan fingerprint density at radius 1 is 0.867 bits per heavy atom. The fraction of sp³-hybridized carbons (Fsp3) is 0.524. The zero-order chi connectivity index (χ0) is 31.8. The van der Waals surface area contributed by atoms with E-state index in [2.05, 4.69) is 29.9 Å². The Morgan fingerprint density at radius 2 is 1.49 bits per heavy atom. The standard InChI is InChI=1S/C21H25N9O13P2/c1-7-27-18-11(19(33)28-7)26-6-30(18)21-15-12(31)8(40-21)2-38-44(34,35)42-14-9(3-39-45(36,37)43-15)41-20(13(14)32)29-5-25-10-16(22)23-4-24-17(10)29/h4-6,8-9,12-15,20-21,31-32H,2-3H2,1H3,(H,34,35)(H,36,37)(H2,22,23,24)(H,27,28,33)/t8-,9-,12?,13?,14+,15+,20-,21-/m1/s1. The second-order valence-corrected chi connectivity index (χ2v) is 13.2. The first-order valence-electron chi connectivity index (χ1n) is 13.2. The van der Waals surface area contributed by atoms with E-state index in [0.29, 0.717) is 0 Å². The molecule has 0 spiro atoms. The molecule has 4 aromatic rings. The summed E-state index contributed by atoms with van der Waals surface area (Å²) in [5, 5.41) is 22.2. The number of hydrogen-bond donors (Lipinski definition) is 6. The second-order valence-electron chi connectivity index (χ2n) is 10.3. The van der Waals surface area contributed by atoms with Crippen LogP contribution in [0.2, 0.25) is 0 Å². The quantitative estimate of drug-likeness (QED) is 0.130. The van der Waals surface area contributed by atoms with Crippen molar-refractivity contribution in [3.63, 3.8) is 0 Å². The Kier molecular flexibility index (Phi) is 7.39. The number of nitrogens with one attached hydrogen (secondary N) is 1. The summed E-state index contributed by atoms with van der Waals surface area (Å²) >= 11 is 0. The number of H-pyrrole nitrogens is 1. The number of phosphoric acid groups is 2. The zero-order valence-electron chi connectivity index (χ0n) is 22.8. The summed E-state index contributed by atoms with van der Waals surface area (Å²) in [4.78, 5) is 56.4. The van der Waals surface area contributed by atoms with Crippen LogP contribution in [0.1, 0.15) is 18.3 Å². The van der Waals surface area contributed by atoms with Crippen LogP contribution in [-0.4, -0.2) is 109 Å². The number of imidazole rings is 2. The molecule has 0 aliphatic carbocycles. The summed E-state index contributed by atoms with van der Waals surface area (Å²) in [6.07, 6.45) is -8.94. The van der Waals surface area contributed by atoms with Crippen LogP contribution in [0.25, 0.3) is 22.3 Å². The predicted octanol–water partition coefficient (Wildman–Crippen LogP) is -1.62. The maximum atomic E-state index is 13.2. The van der Waals surface area contributed by atoms with E-state index in [0.717, 1.165) is 12.7 Å². The minimum Gasteiger partial charge on any atom is -0.387 e. The van der Waals surface area contributed by atoms with E-state index in [1.54, 1.807) is 0 Å². The molecule has 0 aromatic carbocycles. The fourth-order valence-electron chi connectivity index (χ4n) is 5.39. The number of fused-ring (bicyclic) bond motifs is 5. The molecule has 3 fully saturated rings. The van der Waals surface area contributed by atoms with Crippen molar-refractivity contribution in [3.8, 4) is 0 Å². The maximum absolute atomic E-state index is 13.2. The van der Waals surface area contributed by atoms with E-state index in [1.165, 1.54) is 22.4 Å². The van der Waals surface area contributed by atoms with Gasteiger partial charge >= 0.3 is 15.6 Å². The molecule has 3 saturated heterocycles. The number of nitrogens with zero attached hydrogens (tertiary/aromatic N) is 7. The average Bonchev–Trinajstić information content (AvgIpc) is 3.72. The van der Waals surface area contributed by atoms with Gasteiger partial charge in [0, 0.05) is 0 Å². The first-order chi connectivity index (χ1) is 21.3. The normalized spacial score (nSPS) is 37.7. The third-order valence-corrected chi connectivity index (χ3v) is 9.39. The number of ether oxygens (including phenoxy) is 2. The van der Waals surface area contributed by atoms with Gasteiger partial charge in [-0.25, -0.2) is 34.0 Å². The van der Waals surface area contributed by atoms with Crippen molar-refractivity contribution >= 4 is 43.8 Å². The molecule has 22 nitrogen and oxygen atoms in total. The number of aromatic amines is 1. The number of rotatable bonds is 2. The van der Waals surface area contributed by atoms with Gasteiger partial charge in [0.25, 0.3) is 5.56 Å². The van der Waals surface area contributed by atoms with Crippen LogP contribution < -0.4 is 11.3 Å². The summed E-state index contributed by atoms with van der Waals surface area (Å²) in [7, 11) is -10.1. The average molecular weight is 673 g/mol. The monoisotopic (exact) mass is 673 g/mol. The Hall–Kier alpha value is -3.24. The van der Waals surface area contributed by atoms with Gasteiger partial charge in [-0.15, -0.1) is 0 Å². The third kappa shape index (κ3) is 5.37. The molecule has 7 rings (SSSR count). The summed E-state index contributed by atoms with van der Waals surface area (Å²) in [5.74, 6) is 0.256. The minimum atomic E-state index is -5.09. The molecule has 3 aliphatic rings. The number of anilines is 1. The first-order valence-corrected chi connectivity index (χ1v) is 16.2. The molecule has 4 unspecified atom stereocenters. The molecular formula is C21H25N9O13P2. The van der Waals surface area contributed by atoms with Gasteiger partial charge in [-0.1, -0.05) is 0 Å². The van der Waals surface area contributed by atoms with Crippen LogP contribution in [0, 0.1) is 6.92 Å². The molecule has 7 heterocycles. The smallest absolute Gasteiger partial charge is 0.387 e. The summed E-state index contributed by atoms with van der Waals surface area (Å²) < 4.78 is 61.3.